The number of rotatable bonds is 3. The van der Waals surface area contributed by atoms with Gasteiger partial charge in [0.2, 0.25) is 11.6 Å². The summed E-state index contributed by atoms with van der Waals surface area (Å²) in [7, 11) is 4.25. The summed E-state index contributed by atoms with van der Waals surface area (Å²) in [6, 6.07) is 61.6. The molecular formula is C52H34N8. The van der Waals surface area contributed by atoms with Crippen LogP contribution in [-0.2, 0) is 14.1 Å². The van der Waals surface area contributed by atoms with E-state index >= 15 is 0 Å². The Morgan fingerprint density at radius 1 is 0.317 bits per heavy atom. The van der Waals surface area contributed by atoms with E-state index in [1.165, 1.54) is 38.1 Å². The van der Waals surface area contributed by atoms with Gasteiger partial charge in [-0.25, -0.2) is 9.97 Å². The number of fused-ring (bicyclic) bond motifs is 16. The van der Waals surface area contributed by atoms with E-state index in [9.17, 15) is 0 Å². The minimum absolute atomic E-state index is 0.898. The van der Waals surface area contributed by atoms with Gasteiger partial charge in [0.05, 0.1) is 55.2 Å². The third-order valence-corrected chi connectivity index (χ3v) is 13.0. The number of hydrogen-bond donors (Lipinski definition) is 0. The van der Waals surface area contributed by atoms with Crippen LogP contribution in [0.3, 0.4) is 0 Å². The minimum atomic E-state index is 0.898. The smallest absolute Gasteiger partial charge is 0.220 e. The molecule has 60 heavy (non-hydrogen) atoms. The van der Waals surface area contributed by atoms with Gasteiger partial charge >= 0.3 is 0 Å². The fourth-order valence-electron chi connectivity index (χ4n) is 10.3. The Kier molecular flexibility index (Phi) is 6.01. The van der Waals surface area contributed by atoms with Crippen molar-refractivity contribution in [2.24, 2.45) is 14.1 Å². The van der Waals surface area contributed by atoms with Crippen LogP contribution in [0.5, 0.6) is 0 Å². The lowest BCUT2D eigenvalue weighted by Crippen LogP contribution is -1.95. The lowest BCUT2D eigenvalue weighted by atomic mass is 10.0. The molecule has 0 aliphatic rings. The molecule has 0 aliphatic heterocycles. The molecule has 0 spiro atoms. The lowest BCUT2D eigenvalue weighted by molar-refractivity contribution is 0.973. The van der Waals surface area contributed by atoms with Crippen molar-refractivity contribution in [2.45, 2.75) is 0 Å². The van der Waals surface area contributed by atoms with Crippen molar-refractivity contribution in [1.82, 2.24) is 37.0 Å². The molecule has 8 aromatic carbocycles. The molecule has 0 fully saturated rings. The van der Waals surface area contributed by atoms with Crippen LogP contribution in [0.4, 0.5) is 0 Å². The molecule has 0 aliphatic carbocycles. The second-order valence-electron chi connectivity index (χ2n) is 16.1. The van der Waals surface area contributed by atoms with E-state index in [2.05, 4.69) is 211 Å². The van der Waals surface area contributed by atoms with Crippen LogP contribution in [0.25, 0.3) is 122 Å². The van der Waals surface area contributed by atoms with Crippen LogP contribution in [-0.4, -0.2) is 37.0 Å². The van der Waals surface area contributed by atoms with Crippen molar-refractivity contribution >= 4 is 99.3 Å². The maximum absolute atomic E-state index is 5.40. The fourth-order valence-corrected chi connectivity index (χ4v) is 10.3. The van der Waals surface area contributed by atoms with Crippen LogP contribution < -0.4 is 0 Å². The third kappa shape index (κ3) is 4.04. The van der Waals surface area contributed by atoms with Gasteiger partial charge in [-0.1, -0.05) is 78.9 Å². The van der Waals surface area contributed by atoms with E-state index in [1.54, 1.807) is 0 Å². The summed E-state index contributed by atoms with van der Waals surface area (Å²) < 4.78 is 13.8. The van der Waals surface area contributed by atoms with Crippen LogP contribution in [0.2, 0.25) is 0 Å². The zero-order chi connectivity index (χ0) is 39.4. The van der Waals surface area contributed by atoms with Crippen molar-refractivity contribution in [3.05, 3.63) is 170 Å². The number of hydrogen-bond acceptors (Lipinski definition) is 2. The van der Waals surface area contributed by atoms with Crippen molar-refractivity contribution in [3.63, 3.8) is 0 Å². The monoisotopic (exact) mass is 770 g/mol. The zero-order valence-electron chi connectivity index (χ0n) is 32.7. The number of imidazole rings is 4. The molecule has 14 rings (SSSR count). The molecule has 0 saturated heterocycles. The Hall–Kier alpha value is -8.10. The molecule has 0 unspecified atom stereocenters. The van der Waals surface area contributed by atoms with Gasteiger partial charge in [0.1, 0.15) is 0 Å². The molecule has 14 aromatic rings. The van der Waals surface area contributed by atoms with Crippen LogP contribution in [0, 0.1) is 0 Å². The van der Waals surface area contributed by atoms with Gasteiger partial charge in [0.15, 0.2) is 0 Å². The Balaban J connectivity index is 0.958. The van der Waals surface area contributed by atoms with Gasteiger partial charge in [0.25, 0.3) is 0 Å². The van der Waals surface area contributed by atoms with Crippen molar-refractivity contribution in [3.8, 4) is 22.5 Å². The second kappa shape index (κ2) is 11.3. The molecule has 0 radical (unpaired) electrons. The van der Waals surface area contributed by atoms with Gasteiger partial charge in [-0.05, 0) is 102 Å². The molecule has 0 bridgehead atoms. The summed E-state index contributed by atoms with van der Waals surface area (Å²) >= 11 is 0. The minimum Gasteiger partial charge on any atom is -0.344 e. The molecular weight excluding hydrogens is 737 g/mol. The molecule has 6 heterocycles. The summed E-state index contributed by atoms with van der Waals surface area (Å²) in [5.41, 5.74) is 17.9. The molecule has 0 N–H and O–H groups in total. The quantitative estimate of drug-likeness (QED) is 0.180. The third-order valence-electron chi connectivity index (χ3n) is 13.0. The highest BCUT2D eigenvalue weighted by atomic mass is 15.2. The maximum atomic E-state index is 5.40. The molecule has 6 aromatic heterocycles. The van der Waals surface area contributed by atoms with Crippen molar-refractivity contribution in [2.75, 3.05) is 0 Å². The molecule has 8 nitrogen and oxygen atoms in total. The van der Waals surface area contributed by atoms with E-state index in [1.807, 2.05) is 0 Å². The predicted molar refractivity (Wildman–Crippen MR) is 246 cm³/mol. The zero-order valence-corrected chi connectivity index (χ0v) is 32.7. The van der Waals surface area contributed by atoms with Crippen molar-refractivity contribution < 1.29 is 0 Å². The highest BCUT2D eigenvalue weighted by Crippen LogP contribution is 2.38. The summed E-state index contributed by atoms with van der Waals surface area (Å²) in [5, 5.41) is 4.94. The Labute approximate surface area is 341 Å². The van der Waals surface area contributed by atoms with E-state index in [-0.39, 0.29) is 0 Å². The standard InChI is InChI=1S/C52H34N8/c1-55-41-14-6-3-12-36(41)38-29-33(21-25-42(38)55)58-47-17-9-10-18-48(47)59-45-24-20-31(27-40(45)54-52(58)59)32-19-23-37-35-11-4-7-15-43(35)57(49(37)28-32)34-22-26-46-50(30-34)60-44-16-8-5-13-39(44)53-51(60)56(46)2/h3-30H,1-2H3. The van der Waals surface area contributed by atoms with Gasteiger partial charge in [-0.3, -0.25) is 13.4 Å². The predicted octanol–water partition coefficient (Wildman–Crippen LogP) is 12.1. The normalized spacial score (nSPS) is 12.5. The molecule has 282 valence electrons. The first-order valence-electron chi connectivity index (χ1n) is 20.4. The van der Waals surface area contributed by atoms with E-state index in [4.69, 9.17) is 9.97 Å². The molecule has 8 heteroatoms. The lowest BCUT2D eigenvalue weighted by Gasteiger charge is -2.10. The highest BCUT2D eigenvalue weighted by Gasteiger charge is 2.21. The van der Waals surface area contributed by atoms with Crippen LogP contribution >= 0.6 is 0 Å². The first-order valence-corrected chi connectivity index (χ1v) is 20.4. The SMILES string of the molecule is Cn1c2ccccc2c2cc(-n3c4ccccc4n4c5ccc(-c6ccc7c8ccccc8n(-c8ccc9c(c8)n8c%10ccccc%10nc8n9C)c7c6)cc5nc34)ccc21. The van der Waals surface area contributed by atoms with Crippen LogP contribution in [0.15, 0.2) is 170 Å². The summed E-state index contributed by atoms with van der Waals surface area (Å²) in [5.74, 6) is 1.83. The molecule has 0 amide bonds. The number of para-hydroxylation sites is 6. The maximum Gasteiger partial charge on any atom is 0.220 e. The van der Waals surface area contributed by atoms with E-state index in [0.29, 0.717) is 0 Å². The number of aryl methyl sites for hydroxylation is 2. The van der Waals surface area contributed by atoms with Gasteiger partial charge < -0.3 is 13.7 Å². The van der Waals surface area contributed by atoms with E-state index < -0.39 is 0 Å². The second-order valence-corrected chi connectivity index (χ2v) is 16.1. The average Bonchev–Trinajstić information content (AvgIpc) is 4.12. The van der Waals surface area contributed by atoms with E-state index in [0.717, 1.165) is 83.7 Å². The average molecular weight is 771 g/mol. The number of aromatic nitrogens is 8. The van der Waals surface area contributed by atoms with Crippen LogP contribution in [0.1, 0.15) is 0 Å². The summed E-state index contributed by atoms with van der Waals surface area (Å²) in [4.78, 5) is 10.4. The first kappa shape index (κ1) is 31.9. The van der Waals surface area contributed by atoms with Gasteiger partial charge in [-0.2, -0.15) is 0 Å². The van der Waals surface area contributed by atoms with Crippen molar-refractivity contribution in [1.29, 1.82) is 0 Å². The summed E-state index contributed by atoms with van der Waals surface area (Å²) in [6.07, 6.45) is 0. The largest absolute Gasteiger partial charge is 0.344 e. The Morgan fingerprint density at radius 3 is 1.73 bits per heavy atom. The topological polar surface area (TPSA) is 54.3 Å². The Morgan fingerprint density at radius 2 is 0.883 bits per heavy atom. The molecule has 0 atom stereocenters. The highest BCUT2D eigenvalue weighted by molar-refractivity contribution is 6.11. The van der Waals surface area contributed by atoms with Gasteiger partial charge in [0, 0.05) is 58.0 Å². The fraction of sp³-hybridized carbons (Fsp3) is 0.0385. The summed E-state index contributed by atoms with van der Waals surface area (Å²) in [6.45, 7) is 0. The van der Waals surface area contributed by atoms with Gasteiger partial charge in [-0.15, -0.1) is 0 Å². The number of nitrogens with zero attached hydrogens (tertiary/aromatic N) is 8. The number of benzene rings is 8. The first-order chi connectivity index (χ1) is 29.6. The Bertz CT molecular complexity index is 4160. The molecule has 0 saturated carbocycles.